The Morgan fingerprint density at radius 1 is 1.10 bits per heavy atom. The van der Waals surface area contributed by atoms with Gasteiger partial charge in [-0.25, -0.2) is 4.79 Å². The highest BCUT2D eigenvalue weighted by Crippen LogP contribution is 2.18. The lowest BCUT2D eigenvalue weighted by atomic mass is 10.1. The molecule has 0 unspecified atom stereocenters. The van der Waals surface area contributed by atoms with Gasteiger partial charge in [0.2, 0.25) is 0 Å². The van der Waals surface area contributed by atoms with Crippen LogP contribution in [0.4, 0.5) is 0 Å². The van der Waals surface area contributed by atoms with Crippen molar-refractivity contribution in [3.63, 3.8) is 0 Å². The van der Waals surface area contributed by atoms with Gasteiger partial charge in [0, 0.05) is 12.1 Å². The highest BCUT2D eigenvalue weighted by atomic mass is 16.5. The summed E-state index contributed by atoms with van der Waals surface area (Å²) in [5, 5.41) is 0. The molecule has 0 radical (unpaired) electrons. The predicted octanol–water partition coefficient (Wildman–Crippen LogP) is 2.51. The van der Waals surface area contributed by atoms with Crippen molar-refractivity contribution in [3.8, 4) is 5.75 Å². The third-order valence-electron chi connectivity index (χ3n) is 2.96. The fourth-order valence-corrected chi connectivity index (χ4v) is 1.83. The van der Waals surface area contributed by atoms with E-state index < -0.39 is 0 Å². The first kappa shape index (κ1) is 14.1. The zero-order chi connectivity index (χ0) is 14.4. The zero-order valence-electron chi connectivity index (χ0n) is 11.3. The minimum Gasteiger partial charge on any atom is -0.489 e. The monoisotopic (exact) mass is 271 g/mol. The van der Waals surface area contributed by atoms with Crippen LogP contribution in [0.25, 0.3) is 0 Å². The number of esters is 1. The van der Waals surface area contributed by atoms with Crippen molar-refractivity contribution >= 4 is 5.97 Å². The first-order chi connectivity index (χ1) is 9.74. The predicted molar refractivity (Wildman–Crippen MR) is 76.4 cm³/mol. The van der Waals surface area contributed by atoms with Crippen molar-refractivity contribution in [1.82, 2.24) is 0 Å². The van der Waals surface area contributed by atoms with E-state index in [1.54, 1.807) is 12.1 Å². The van der Waals surface area contributed by atoms with Crippen LogP contribution >= 0.6 is 0 Å². The zero-order valence-corrected chi connectivity index (χ0v) is 11.3. The molecule has 2 N–H and O–H groups in total. The number of benzene rings is 2. The van der Waals surface area contributed by atoms with E-state index in [9.17, 15) is 4.79 Å². The Bertz CT molecular complexity index is 579. The van der Waals surface area contributed by atoms with Crippen LogP contribution in [0.5, 0.6) is 5.75 Å². The van der Waals surface area contributed by atoms with Gasteiger partial charge in [0.15, 0.2) is 0 Å². The molecule has 0 aromatic heterocycles. The number of nitrogens with two attached hydrogens (primary N) is 1. The summed E-state index contributed by atoms with van der Waals surface area (Å²) in [5.74, 6) is 0.443. The Morgan fingerprint density at radius 3 is 2.45 bits per heavy atom. The molecular formula is C16H17NO3. The molecule has 4 nitrogen and oxygen atoms in total. The van der Waals surface area contributed by atoms with E-state index in [2.05, 4.69) is 4.74 Å². The number of hydrogen-bond donors (Lipinski definition) is 1. The summed E-state index contributed by atoms with van der Waals surface area (Å²) in [4.78, 5) is 11.3. The van der Waals surface area contributed by atoms with Gasteiger partial charge < -0.3 is 15.2 Å². The largest absolute Gasteiger partial charge is 0.489 e. The molecule has 104 valence electrons. The molecule has 0 aliphatic rings. The number of carbonyl (C=O) groups excluding carboxylic acids is 1. The van der Waals surface area contributed by atoms with Crippen molar-refractivity contribution in [2.45, 2.75) is 13.2 Å². The first-order valence-electron chi connectivity index (χ1n) is 6.32. The van der Waals surface area contributed by atoms with E-state index >= 15 is 0 Å². The minimum absolute atomic E-state index is 0.342. The molecule has 2 rings (SSSR count). The molecule has 0 aliphatic carbocycles. The summed E-state index contributed by atoms with van der Waals surface area (Å²) in [6.45, 7) is 0.871. The van der Waals surface area contributed by atoms with Crippen molar-refractivity contribution in [2.24, 2.45) is 5.73 Å². The number of methoxy groups -OCH3 is 1. The maximum atomic E-state index is 11.3. The molecule has 0 saturated heterocycles. The van der Waals surface area contributed by atoms with Crippen LogP contribution in [0.2, 0.25) is 0 Å². The topological polar surface area (TPSA) is 61.5 Å². The maximum absolute atomic E-state index is 11.3. The highest BCUT2D eigenvalue weighted by Gasteiger charge is 2.05. The fourth-order valence-electron chi connectivity index (χ4n) is 1.83. The van der Waals surface area contributed by atoms with Crippen LogP contribution in [0, 0.1) is 0 Å². The lowest BCUT2D eigenvalue weighted by Crippen LogP contribution is -2.04. The third-order valence-corrected chi connectivity index (χ3v) is 2.96. The quantitative estimate of drug-likeness (QED) is 0.849. The second kappa shape index (κ2) is 6.73. The second-order valence-corrected chi connectivity index (χ2v) is 4.29. The summed E-state index contributed by atoms with van der Waals surface area (Å²) in [5.41, 5.74) is 8.13. The Balaban J connectivity index is 2.02. The Labute approximate surface area is 118 Å². The molecule has 2 aromatic carbocycles. The molecule has 0 bridgehead atoms. The lowest BCUT2D eigenvalue weighted by Gasteiger charge is -2.10. The van der Waals surface area contributed by atoms with Gasteiger partial charge in [-0.15, -0.1) is 0 Å². The third kappa shape index (κ3) is 3.36. The van der Waals surface area contributed by atoms with Gasteiger partial charge in [-0.05, 0) is 23.8 Å². The van der Waals surface area contributed by atoms with E-state index in [0.29, 0.717) is 18.7 Å². The van der Waals surface area contributed by atoms with Crippen LogP contribution in [0.15, 0.2) is 48.5 Å². The summed E-state index contributed by atoms with van der Waals surface area (Å²) in [6, 6.07) is 14.8. The number of ether oxygens (including phenoxy) is 2. The van der Waals surface area contributed by atoms with Gasteiger partial charge in [0.05, 0.1) is 12.7 Å². The van der Waals surface area contributed by atoms with Crippen LogP contribution in [-0.4, -0.2) is 13.1 Å². The average molecular weight is 271 g/mol. The number of hydrogen-bond acceptors (Lipinski definition) is 4. The summed E-state index contributed by atoms with van der Waals surface area (Å²) >= 11 is 0. The highest BCUT2D eigenvalue weighted by molar-refractivity contribution is 5.89. The number of para-hydroxylation sites is 1. The minimum atomic E-state index is -0.342. The van der Waals surface area contributed by atoms with Crippen molar-refractivity contribution in [2.75, 3.05) is 7.11 Å². The summed E-state index contributed by atoms with van der Waals surface area (Å²) in [6.07, 6.45) is 0. The van der Waals surface area contributed by atoms with Gasteiger partial charge >= 0.3 is 5.97 Å². The molecule has 0 saturated carbocycles. The van der Waals surface area contributed by atoms with Crippen LogP contribution in [-0.2, 0) is 17.9 Å². The Kier molecular flexibility index (Phi) is 4.74. The molecule has 4 heteroatoms. The molecular weight excluding hydrogens is 254 g/mol. The smallest absolute Gasteiger partial charge is 0.337 e. The molecule has 2 aromatic rings. The molecule has 0 aliphatic heterocycles. The summed E-state index contributed by atoms with van der Waals surface area (Å²) < 4.78 is 10.4. The van der Waals surface area contributed by atoms with E-state index in [1.165, 1.54) is 7.11 Å². The van der Waals surface area contributed by atoms with Crippen LogP contribution < -0.4 is 10.5 Å². The lowest BCUT2D eigenvalue weighted by molar-refractivity contribution is 0.0600. The maximum Gasteiger partial charge on any atom is 0.337 e. The van der Waals surface area contributed by atoms with Crippen LogP contribution in [0.1, 0.15) is 21.5 Å². The average Bonchev–Trinajstić information content (AvgIpc) is 2.53. The molecule has 0 fully saturated rings. The molecule has 0 spiro atoms. The van der Waals surface area contributed by atoms with Gasteiger partial charge in [0.1, 0.15) is 12.4 Å². The van der Waals surface area contributed by atoms with E-state index in [4.69, 9.17) is 10.5 Å². The normalized spacial score (nSPS) is 10.1. The second-order valence-electron chi connectivity index (χ2n) is 4.29. The molecule has 0 atom stereocenters. The molecule has 0 heterocycles. The Morgan fingerprint density at radius 2 is 1.80 bits per heavy atom. The van der Waals surface area contributed by atoms with E-state index in [-0.39, 0.29) is 5.97 Å². The van der Waals surface area contributed by atoms with Crippen molar-refractivity contribution < 1.29 is 14.3 Å². The van der Waals surface area contributed by atoms with E-state index in [1.807, 2.05) is 36.4 Å². The van der Waals surface area contributed by atoms with Crippen LogP contribution in [0.3, 0.4) is 0 Å². The van der Waals surface area contributed by atoms with Gasteiger partial charge in [-0.1, -0.05) is 30.3 Å². The fraction of sp³-hybridized carbons (Fsp3) is 0.188. The molecule has 20 heavy (non-hydrogen) atoms. The SMILES string of the molecule is COC(=O)c1ccc(COc2ccccc2CN)cc1. The van der Waals surface area contributed by atoms with Crippen molar-refractivity contribution in [1.29, 1.82) is 0 Å². The number of carbonyl (C=O) groups is 1. The van der Waals surface area contributed by atoms with Crippen molar-refractivity contribution in [3.05, 3.63) is 65.2 Å². The number of rotatable bonds is 5. The van der Waals surface area contributed by atoms with Gasteiger partial charge in [0.25, 0.3) is 0 Å². The Hall–Kier alpha value is -2.33. The van der Waals surface area contributed by atoms with E-state index in [0.717, 1.165) is 16.9 Å². The summed E-state index contributed by atoms with van der Waals surface area (Å²) in [7, 11) is 1.36. The molecule has 0 amide bonds. The standard InChI is InChI=1S/C16H17NO3/c1-19-16(18)13-8-6-12(7-9-13)11-20-15-5-3-2-4-14(15)10-17/h2-9H,10-11,17H2,1H3. The van der Waals surface area contributed by atoms with Gasteiger partial charge in [-0.2, -0.15) is 0 Å². The van der Waals surface area contributed by atoms with Gasteiger partial charge in [-0.3, -0.25) is 0 Å². The first-order valence-corrected chi connectivity index (χ1v) is 6.32.